The second-order valence-electron chi connectivity index (χ2n) is 9.79. The molecule has 0 fully saturated rings. The molecule has 4 rings (SSSR count). The van der Waals surface area contributed by atoms with Gasteiger partial charge in [-0.05, 0) is 30.3 Å². The van der Waals surface area contributed by atoms with Gasteiger partial charge in [-0.1, -0.05) is 19.1 Å². The standard InChI is InChI=1S/C29H29F2N6O5S.HI/c1-19(27-34-26(14-43-27)22-6-4-21(13-32)5-7-22)29(40,24-12-23(30)8-9-25(24)31)15-37-17-36(16-33-37)18-42-28(39)35(3)10-11-41-20(2)38;/h4-9,12,14,16-17,19,40H,10-11,15,18H2,1-3H3;1H/q+1;/p-1. The third-order valence-electron chi connectivity index (χ3n) is 6.73. The van der Waals surface area contributed by atoms with Crippen LogP contribution in [0.5, 0.6) is 0 Å². The smallest absolute Gasteiger partial charge is 0.412 e. The van der Waals surface area contributed by atoms with E-state index in [4.69, 9.17) is 14.7 Å². The Morgan fingerprint density at radius 1 is 1.23 bits per heavy atom. The van der Waals surface area contributed by atoms with E-state index in [0.29, 0.717) is 16.3 Å². The van der Waals surface area contributed by atoms with Gasteiger partial charge in [0.15, 0.2) is 0 Å². The van der Waals surface area contributed by atoms with Crippen molar-refractivity contribution in [3.63, 3.8) is 0 Å². The van der Waals surface area contributed by atoms with Crippen molar-refractivity contribution in [1.29, 1.82) is 5.26 Å². The molecule has 2 unspecified atom stereocenters. The van der Waals surface area contributed by atoms with Crippen molar-refractivity contribution in [3.8, 4) is 17.3 Å². The molecule has 15 heteroatoms. The van der Waals surface area contributed by atoms with E-state index in [0.717, 1.165) is 23.8 Å². The normalized spacial score (nSPS) is 12.8. The van der Waals surface area contributed by atoms with Gasteiger partial charge in [0, 0.05) is 41.5 Å². The topological polar surface area (TPSA) is 134 Å². The van der Waals surface area contributed by atoms with E-state index in [9.17, 15) is 19.1 Å². The minimum absolute atomic E-state index is 0. The number of likely N-dealkylation sites (N-methyl/N-ethyl adjacent to an activating group) is 1. The van der Waals surface area contributed by atoms with E-state index < -0.39 is 35.2 Å². The zero-order valence-electron chi connectivity index (χ0n) is 24.0. The summed E-state index contributed by atoms with van der Waals surface area (Å²) in [6, 6.07) is 11.8. The van der Waals surface area contributed by atoms with Crippen molar-refractivity contribution < 1.29 is 61.5 Å². The van der Waals surface area contributed by atoms with Gasteiger partial charge in [-0.25, -0.2) is 23.1 Å². The summed E-state index contributed by atoms with van der Waals surface area (Å²) in [4.78, 5) is 29.0. The first-order chi connectivity index (χ1) is 20.5. The largest absolute Gasteiger partial charge is 1.00 e. The van der Waals surface area contributed by atoms with E-state index in [1.165, 1.54) is 52.1 Å². The van der Waals surface area contributed by atoms with E-state index in [2.05, 4.69) is 16.2 Å². The molecule has 0 bridgehead atoms. The van der Waals surface area contributed by atoms with Crippen molar-refractivity contribution in [2.45, 2.75) is 38.6 Å². The number of carbonyl (C=O) groups excluding carboxylic acids is 2. The minimum atomic E-state index is -2.00. The summed E-state index contributed by atoms with van der Waals surface area (Å²) in [6.07, 6.45) is 2.14. The van der Waals surface area contributed by atoms with Gasteiger partial charge in [0.1, 0.15) is 30.4 Å². The molecule has 232 valence electrons. The quantitative estimate of drug-likeness (QED) is 0.135. The van der Waals surface area contributed by atoms with Crippen molar-refractivity contribution in [3.05, 3.63) is 88.3 Å². The number of carbonyl (C=O) groups is 2. The van der Waals surface area contributed by atoms with E-state index in [1.54, 1.807) is 36.6 Å². The Morgan fingerprint density at radius 3 is 2.64 bits per heavy atom. The highest BCUT2D eigenvalue weighted by Gasteiger charge is 2.43. The van der Waals surface area contributed by atoms with E-state index >= 15 is 4.39 Å². The zero-order valence-corrected chi connectivity index (χ0v) is 27.0. The lowest BCUT2D eigenvalue weighted by atomic mass is 9.82. The first kappa shape index (κ1) is 34.5. The number of ether oxygens (including phenoxy) is 2. The number of halogens is 3. The summed E-state index contributed by atoms with van der Waals surface area (Å²) >= 11 is 1.25. The second kappa shape index (κ2) is 15.1. The van der Waals surface area contributed by atoms with Crippen LogP contribution in [0.1, 0.15) is 35.9 Å². The number of aromatic nitrogens is 4. The third kappa shape index (κ3) is 8.33. The second-order valence-corrected chi connectivity index (χ2v) is 10.7. The molecule has 2 heterocycles. The maximum atomic E-state index is 15.1. The molecule has 0 radical (unpaired) electrons. The number of thiazole rings is 1. The Bertz CT molecular complexity index is 1640. The lowest BCUT2D eigenvalue weighted by Gasteiger charge is -2.32. The molecule has 0 aliphatic heterocycles. The molecule has 44 heavy (non-hydrogen) atoms. The summed E-state index contributed by atoms with van der Waals surface area (Å²) in [5, 5.41) is 27.6. The number of rotatable bonds is 11. The van der Waals surface area contributed by atoms with Gasteiger partial charge in [-0.2, -0.15) is 5.26 Å². The average molecular weight is 739 g/mol. The van der Waals surface area contributed by atoms with Gasteiger partial charge in [0.2, 0.25) is 13.1 Å². The lowest BCUT2D eigenvalue weighted by Crippen LogP contribution is -3.00. The first-order valence-corrected chi connectivity index (χ1v) is 13.9. The summed E-state index contributed by atoms with van der Waals surface area (Å²) in [7, 11) is 1.49. The summed E-state index contributed by atoms with van der Waals surface area (Å²) in [6.45, 7) is 2.58. The Hall–Kier alpha value is -4.01. The maximum Gasteiger partial charge on any atom is 0.412 e. The van der Waals surface area contributed by atoms with Gasteiger partial charge in [0.05, 0.1) is 28.9 Å². The van der Waals surface area contributed by atoms with Gasteiger partial charge in [0.25, 0.3) is 6.33 Å². The molecular formula is C29H29F2IN6O5S. The van der Waals surface area contributed by atoms with Gasteiger partial charge in [-0.15, -0.1) is 16.0 Å². The molecule has 1 N–H and O–H groups in total. The first-order valence-electron chi connectivity index (χ1n) is 13.1. The molecule has 0 aliphatic carbocycles. The fourth-order valence-corrected chi connectivity index (χ4v) is 5.21. The Labute approximate surface area is 273 Å². The summed E-state index contributed by atoms with van der Waals surface area (Å²) < 4.78 is 42.2. The van der Waals surface area contributed by atoms with Crippen molar-refractivity contribution in [2.75, 3.05) is 20.2 Å². The molecule has 2 aromatic heterocycles. The van der Waals surface area contributed by atoms with Crippen LogP contribution in [-0.4, -0.2) is 57.0 Å². The molecule has 2 aromatic carbocycles. The number of hydrogen-bond donors (Lipinski definition) is 1. The van der Waals surface area contributed by atoms with Crippen LogP contribution >= 0.6 is 11.3 Å². The number of benzene rings is 2. The Kier molecular flexibility index (Phi) is 11.9. The summed E-state index contributed by atoms with van der Waals surface area (Å²) in [5.74, 6) is -2.80. The fraction of sp³-hybridized carbons (Fsp3) is 0.310. The number of nitriles is 1. The van der Waals surface area contributed by atoms with Crippen molar-refractivity contribution in [1.82, 2.24) is 19.7 Å². The van der Waals surface area contributed by atoms with Gasteiger partial charge in [-0.3, -0.25) is 4.79 Å². The molecule has 4 aromatic rings. The molecule has 11 nitrogen and oxygen atoms in total. The van der Waals surface area contributed by atoms with E-state index in [-0.39, 0.29) is 56.0 Å². The minimum Gasteiger partial charge on any atom is -1.00 e. The monoisotopic (exact) mass is 738 g/mol. The van der Waals surface area contributed by atoms with Crippen LogP contribution in [0, 0.1) is 23.0 Å². The lowest BCUT2D eigenvalue weighted by molar-refractivity contribution is -0.728. The van der Waals surface area contributed by atoms with Crippen LogP contribution in [0.3, 0.4) is 0 Å². The third-order valence-corrected chi connectivity index (χ3v) is 7.75. The molecule has 0 aliphatic rings. The number of amides is 1. The zero-order chi connectivity index (χ0) is 31.1. The number of nitrogens with zero attached hydrogens (tertiary/aromatic N) is 6. The van der Waals surface area contributed by atoms with Crippen LogP contribution in [-0.2, 0) is 33.1 Å². The van der Waals surface area contributed by atoms with E-state index in [1.807, 2.05) is 0 Å². The molecule has 0 saturated heterocycles. The SMILES string of the molecule is CC(=O)OCCN(C)C(=O)OC[n+]1cnn(CC(O)(c2cc(F)ccc2F)C(C)c2nc(-c3ccc(C#N)cc3)cs2)c1.[I-]. The molecule has 0 saturated carbocycles. The van der Waals surface area contributed by atoms with Crippen LogP contribution in [0.2, 0.25) is 0 Å². The number of hydrogen-bond acceptors (Lipinski definition) is 9. The van der Waals surface area contributed by atoms with Crippen LogP contribution in [0.4, 0.5) is 13.6 Å². The van der Waals surface area contributed by atoms with Crippen molar-refractivity contribution >= 4 is 23.4 Å². The number of esters is 1. The Balaban J connectivity index is 0.00000529. The van der Waals surface area contributed by atoms with Gasteiger partial charge >= 0.3 is 12.1 Å². The predicted octanol–water partition coefficient (Wildman–Crippen LogP) is 0.728. The highest BCUT2D eigenvalue weighted by Crippen LogP contribution is 2.41. The van der Waals surface area contributed by atoms with Crippen LogP contribution in [0.15, 0.2) is 60.5 Å². The summed E-state index contributed by atoms with van der Waals surface area (Å²) in [5.41, 5.74) is -0.397. The highest BCUT2D eigenvalue weighted by molar-refractivity contribution is 7.10. The molecule has 2 atom stereocenters. The molecule has 1 amide bonds. The number of aliphatic hydroxyl groups is 1. The molecular weight excluding hydrogens is 709 g/mol. The van der Waals surface area contributed by atoms with Crippen LogP contribution in [0.25, 0.3) is 11.3 Å². The average Bonchev–Trinajstić information content (AvgIpc) is 3.66. The predicted molar refractivity (Wildman–Crippen MR) is 149 cm³/mol. The van der Waals surface area contributed by atoms with Gasteiger partial charge < -0.3 is 43.5 Å². The molecule has 0 spiro atoms. The van der Waals surface area contributed by atoms with Crippen LogP contribution < -0.4 is 28.5 Å². The fourth-order valence-electron chi connectivity index (χ4n) is 4.24. The highest BCUT2D eigenvalue weighted by atomic mass is 127. The Morgan fingerprint density at radius 2 is 1.95 bits per heavy atom. The maximum absolute atomic E-state index is 15.1. The van der Waals surface area contributed by atoms with Crippen molar-refractivity contribution in [2.24, 2.45) is 0 Å².